The van der Waals surface area contributed by atoms with Crippen molar-refractivity contribution in [1.82, 2.24) is 9.36 Å². The van der Waals surface area contributed by atoms with Crippen LogP contribution in [0.15, 0.2) is 0 Å². The molecule has 0 aliphatic heterocycles. The molecule has 0 aliphatic carbocycles. The van der Waals surface area contributed by atoms with Gasteiger partial charge in [-0.25, -0.2) is 4.98 Å². The summed E-state index contributed by atoms with van der Waals surface area (Å²) >= 11 is 7.37. The van der Waals surface area contributed by atoms with Crippen LogP contribution in [-0.2, 0) is 5.41 Å². The van der Waals surface area contributed by atoms with E-state index in [2.05, 4.69) is 49.3 Å². The molecule has 98 valence electrons. The Labute approximate surface area is 113 Å². The van der Waals surface area contributed by atoms with Crippen LogP contribution >= 0.6 is 23.1 Å². The summed E-state index contributed by atoms with van der Waals surface area (Å²) in [5, 5.41) is 4.24. The van der Waals surface area contributed by atoms with Crippen molar-refractivity contribution >= 4 is 28.3 Å². The number of hydrogen-bond donors (Lipinski definition) is 1. The van der Waals surface area contributed by atoms with Crippen LogP contribution in [-0.4, -0.2) is 21.3 Å². The number of nitrogens with zero attached hydrogens (tertiary/aromatic N) is 2. The van der Waals surface area contributed by atoms with Crippen molar-refractivity contribution in [2.45, 2.75) is 52.5 Å². The quantitative estimate of drug-likeness (QED) is 0.828. The fraction of sp³-hybridized carbons (Fsp3) is 0.833. The molecule has 1 N–H and O–H groups in total. The number of halogens is 1. The predicted molar refractivity (Wildman–Crippen MR) is 76.2 cm³/mol. The fourth-order valence-corrected chi connectivity index (χ4v) is 2.53. The Balaban J connectivity index is 2.65. The fourth-order valence-electron chi connectivity index (χ4n) is 1.49. The lowest BCUT2D eigenvalue weighted by molar-refractivity contribution is 0.539. The molecule has 1 unspecified atom stereocenters. The molecule has 0 spiro atoms. The van der Waals surface area contributed by atoms with Gasteiger partial charge in [-0.2, -0.15) is 4.37 Å². The molecule has 0 amide bonds. The molecule has 1 aromatic rings. The smallest absolute Gasteiger partial charge is 0.202 e. The van der Waals surface area contributed by atoms with Gasteiger partial charge in [0.2, 0.25) is 5.13 Å². The van der Waals surface area contributed by atoms with Crippen molar-refractivity contribution < 1.29 is 0 Å². The molecular formula is C12H22ClN3S. The first-order valence-corrected chi connectivity index (χ1v) is 7.30. The van der Waals surface area contributed by atoms with Crippen molar-refractivity contribution in [1.29, 1.82) is 0 Å². The van der Waals surface area contributed by atoms with Gasteiger partial charge in [-0.15, -0.1) is 11.6 Å². The number of alkyl halides is 1. The second kappa shape index (κ2) is 6.01. The van der Waals surface area contributed by atoms with E-state index in [1.807, 2.05) is 0 Å². The van der Waals surface area contributed by atoms with Crippen LogP contribution in [0.4, 0.5) is 5.13 Å². The van der Waals surface area contributed by atoms with E-state index in [-0.39, 0.29) is 11.5 Å². The van der Waals surface area contributed by atoms with Gasteiger partial charge in [0.1, 0.15) is 5.82 Å². The highest BCUT2D eigenvalue weighted by Gasteiger charge is 2.20. The zero-order valence-corrected chi connectivity index (χ0v) is 12.8. The number of rotatable bonds is 5. The van der Waals surface area contributed by atoms with Crippen LogP contribution in [0.3, 0.4) is 0 Å². The highest BCUT2D eigenvalue weighted by Crippen LogP contribution is 2.24. The summed E-state index contributed by atoms with van der Waals surface area (Å²) in [4.78, 5) is 4.51. The number of nitrogens with one attached hydrogen (secondary N) is 1. The lowest BCUT2D eigenvalue weighted by Gasteiger charge is -2.17. The van der Waals surface area contributed by atoms with Crippen LogP contribution in [0, 0.1) is 5.92 Å². The van der Waals surface area contributed by atoms with E-state index in [9.17, 15) is 0 Å². The first kappa shape index (κ1) is 14.7. The third-order valence-corrected chi connectivity index (χ3v) is 3.39. The predicted octanol–water partition coefficient (Wildman–Crippen LogP) is 3.90. The summed E-state index contributed by atoms with van der Waals surface area (Å²) in [7, 11) is 0. The maximum Gasteiger partial charge on any atom is 0.202 e. The molecule has 0 radical (unpaired) electrons. The first-order chi connectivity index (χ1) is 7.82. The minimum absolute atomic E-state index is 0.00490. The Morgan fingerprint density at radius 1 is 1.35 bits per heavy atom. The molecule has 0 bridgehead atoms. The molecule has 5 heteroatoms. The van der Waals surface area contributed by atoms with E-state index in [1.165, 1.54) is 11.5 Å². The standard InChI is InChI=1S/C12H22ClN3S/c1-8(2)6-9(7-13)14-11-15-10(16-17-11)12(3,4)5/h8-9H,6-7H2,1-5H3,(H,14,15,16). The molecule has 0 saturated carbocycles. The Hall–Kier alpha value is -0.350. The molecule has 0 aromatic carbocycles. The topological polar surface area (TPSA) is 37.8 Å². The number of hydrogen-bond acceptors (Lipinski definition) is 4. The van der Waals surface area contributed by atoms with Crippen molar-refractivity contribution in [3.8, 4) is 0 Å². The maximum atomic E-state index is 5.95. The van der Waals surface area contributed by atoms with E-state index in [0.29, 0.717) is 11.8 Å². The van der Waals surface area contributed by atoms with Crippen LogP contribution in [0.5, 0.6) is 0 Å². The third kappa shape index (κ3) is 4.80. The summed E-state index contributed by atoms with van der Waals surface area (Å²) in [5.41, 5.74) is 0.00490. The normalized spacial score (nSPS) is 14.1. The Bertz CT molecular complexity index is 344. The van der Waals surface area contributed by atoms with E-state index >= 15 is 0 Å². The third-order valence-electron chi connectivity index (χ3n) is 2.37. The van der Waals surface area contributed by atoms with Crippen molar-refractivity contribution in [3.05, 3.63) is 5.82 Å². The van der Waals surface area contributed by atoms with Gasteiger partial charge in [0, 0.05) is 28.9 Å². The van der Waals surface area contributed by atoms with Gasteiger partial charge in [-0.05, 0) is 12.3 Å². The van der Waals surface area contributed by atoms with E-state index in [4.69, 9.17) is 11.6 Å². The molecule has 1 atom stereocenters. The van der Waals surface area contributed by atoms with Gasteiger partial charge in [0.05, 0.1) is 0 Å². The highest BCUT2D eigenvalue weighted by atomic mass is 35.5. The van der Waals surface area contributed by atoms with E-state index in [1.54, 1.807) is 0 Å². The molecule has 0 fully saturated rings. The van der Waals surface area contributed by atoms with Crippen molar-refractivity contribution in [2.24, 2.45) is 5.92 Å². The largest absolute Gasteiger partial charge is 0.356 e. The maximum absolute atomic E-state index is 5.95. The molecule has 3 nitrogen and oxygen atoms in total. The molecule has 1 heterocycles. The summed E-state index contributed by atoms with van der Waals surface area (Å²) in [5.74, 6) is 2.12. The Kier molecular flexibility index (Phi) is 5.20. The minimum Gasteiger partial charge on any atom is -0.356 e. The summed E-state index contributed by atoms with van der Waals surface area (Å²) in [6.07, 6.45) is 1.05. The molecular weight excluding hydrogens is 254 g/mol. The van der Waals surface area contributed by atoms with E-state index < -0.39 is 0 Å². The second-order valence-electron chi connectivity index (χ2n) is 5.80. The van der Waals surface area contributed by atoms with Gasteiger partial charge in [-0.1, -0.05) is 34.6 Å². The van der Waals surface area contributed by atoms with Gasteiger partial charge in [0.15, 0.2) is 0 Å². The highest BCUT2D eigenvalue weighted by molar-refractivity contribution is 7.09. The van der Waals surface area contributed by atoms with E-state index in [0.717, 1.165) is 17.4 Å². The van der Waals surface area contributed by atoms with Crippen molar-refractivity contribution in [3.63, 3.8) is 0 Å². The van der Waals surface area contributed by atoms with Crippen LogP contribution in [0.2, 0.25) is 0 Å². The Morgan fingerprint density at radius 2 is 2.00 bits per heavy atom. The molecule has 0 aliphatic rings. The first-order valence-electron chi connectivity index (χ1n) is 5.99. The van der Waals surface area contributed by atoms with Crippen molar-refractivity contribution in [2.75, 3.05) is 11.2 Å². The van der Waals surface area contributed by atoms with Gasteiger partial charge >= 0.3 is 0 Å². The number of aromatic nitrogens is 2. The Morgan fingerprint density at radius 3 is 2.41 bits per heavy atom. The average Bonchev–Trinajstić information content (AvgIpc) is 2.63. The molecule has 1 rings (SSSR count). The summed E-state index contributed by atoms with van der Waals surface area (Å²) in [6, 6.07) is 0.275. The lowest BCUT2D eigenvalue weighted by Crippen LogP contribution is -2.23. The zero-order valence-electron chi connectivity index (χ0n) is 11.2. The van der Waals surface area contributed by atoms with Crippen LogP contribution in [0.25, 0.3) is 0 Å². The summed E-state index contributed by atoms with van der Waals surface area (Å²) < 4.78 is 4.38. The summed E-state index contributed by atoms with van der Waals surface area (Å²) in [6.45, 7) is 10.7. The van der Waals surface area contributed by atoms with Crippen LogP contribution in [0.1, 0.15) is 46.9 Å². The molecule has 1 aromatic heterocycles. The lowest BCUT2D eigenvalue weighted by atomic mass is 9.96. The SMILES string of the molecule is CC(C)CC(CCl)Nc1nc(C(C)(C)C)ns1. The monoisotopic (exact) mass is 275 g/mol. The zero-order chi connectivity index (χ0) is 13.1. The average molecular weight is 276 g/mol. The molecule has 17 heavy (non-hydrogen) atoms. The van der Waals surface area contributed by atoms with Gasteiger partial charge in [0.25, 0.3) is 0 Å². The number of anilines is 1. The molecule has 0 saturated heterocycles. The van der Waals surface area contributed by atoms with Crippen LogP contribution < -0.4 is 5.32 Å². The van der Waals surface area contributed by atoms with Gasteiger partial charge in [-0.3, -0.25) is 0 Å². The minimum atomic E-state index is 0.00490. The second-order valence-corrected chi connectivity index (χ2v) is 6.86. The van der Waals surface area contributed by atoms with Gasteiger partial charge < -0.3 is 5.32 Å².